The highest BCUT2D eigenvalue weighted by molar-refractivity contribution is 6.02. The van der Waals surface area contributed by atoms with Gasteiger partial charge in [0.15, 0.2) is 11.5 Å². The highest BCUT2D eigenvalue weighted by Crippen LogP contribution is 2.30. The molecule has 0 fully saturated rings. The number of H-pyrrole nitrogens is 1. The lowest BCUT2D eigenvalue weighted by molar-refractivity contribution is -0.141. The number of alkyl halides is 3. The number of nitrogens with zero attached hydrogens (tertiary/aromatic N) is 1. The summed E-state index contributed by atoms with van der Waals surface area (Å²) in [5.74, 6) is -1.56. The topological polar surface area (TPSA) is 66.0 Å². The minimum absolute atomic E-state index is 0.0468. The van der Waals surface area contributed by atoms with Crippen LogP contribution in [0.25, 0.3) is 0 Å². The monoisotopic (exact) mass is 284 g/mol. The molecule has 0 saturated heterocycles. The van der Waals surface area contributed by atoms with E-state index in [0.29, 0.717) is 0 Å². The Balaban J connectivity index is 2.28. The molecule has 106 valence electrons. The number of hydrogen-bond donors (Lipinski definition) is 2. The van der Waals surface area contributed by atoms with Gasteiger partial charge in [0.2, 0.25) is 0 Å². The maximum absolute atomic E-state index is 12.4. The largest absolute Gasteiger partial charge is 0.507 e. The molecule has 1 aromatic heterocycles. The van der Waals surface area contributed by atoms with Crippen molar-refractivity contribution in [1.82, 2.24) is 10.2 Å². The maximum atomic E-state index is 12.4. The number of hydrogen-bond acceptors (Lipinski definition) is 3. The van der Waals surface area contributed by atoms with Crippen LogP contribution in [0.15, 0.2) is 30.3 Å². The predicted molar refractivity (Wildman–Crippen MR) is 64.4 cm³/mol. The van der Waals surface area contributed by atoms with E-state index < -0.39 is 23.6 Å². The number of ketones is 1. The first kappa shape index (κ1) is 14.1. The lowest BCUT2D eigenvalue weighted by atomic mass is 9.95. The average Bonchev–Trinajstić information content (AvgIpc) is 2.87. The van der Waals surface area contributed by atoms with Crippen LogP contribution in [0.4, 0.5) is 13.2 Å². The third kappa shape index (κ3) is 2.66. The molecule has 0 saturated carbocycles. The summed E-state index contributed by atoms with van der Waals surface area (Å²) in [6.45, 7) is 1.45. The molecule has 7 heteroatoms. The van der Waals surface area contributed by atoms with Gasteiger partial charge in [-0.3, -0.25) is 9.89 Å². The van der Waals surface area contributed by atoms with Crippen LogP contribution in [0.5, 0.6) is 5.75 Å². The zero-order valence-corrected chi connectivity index (χ0v) is 10.4. The lowest BCUT2D eigenvalue weighted by Gasteiger charge is -2.09. The van der Waals surface area contributed by atoms with Crippen LogP contribution in [0, 0.1) is 0 Å². The van der Waals surface area contributed by atoms with Crippen LogP contribution in [-0.2, 0) is 6.18 Å². The second-order valence-electron chi connectivity index (χ2n) is 4.31. The first-order valence-electron chi connectivity index (χ1n) is 5.75. The van der Waals surface area contributed by atoms with E-state index >= 15 is 0 Å². The van der Waals surface area contributed by atoms with E-state index in [1.807, 2.05) is 0 Å². The van der Waals surface area contributed by atoms with E-state index in [4.69, 9.17) is 0 Å². The summed E-state index contributed by atoms with van der Waals surface area (Å²) < 4.78 is 37.3. The Labute approximate surface area is 112 Å². The molecule has 1 aromatic carbocycles. The van der Waals surface area contributed by atoms with Gasteiger partial charge < -0.3 is 5.11 Å². The summed E-state index contributed by atoms with van der Waals surface area (Å²) in [7, 11) is 0. The van der Waals surface area contributed by atoms with E-state index in [9.17, 15) is 23.1 Å². The summed E-state index contributed by atoms with van der Waals surface area (Å²) >= 11 is 0. The predicted octanol–water partition coefficient (Wildman–Crippen LogP) is 3.12. The number of carbonyl (C=O) groups excluding carboxylic acids is 1. The minimum Gasteiger partial charge on any atom is -0.507 e. The number of rotatable bonds is 3. The number of halogens is 3. The second kappa shape index (κ2) is 4.99. The Morgan fingerprint density at radius 3 is 2.55 bits per heavy atom. The number of nitrogens with one attached hydrogen (secondary N) is 1. The molecule has 0 aliphatic carbocycles. The van der Waals surface area contributed by atoms with Crippen LogP contribution in [0.1, 0.15) is 34.6 Å². The zero-order valence-electron chi connectivity index (χ0n) is 10.4. The van der Waals surface area contributed by atoms with Gasteiger partial charge in [-0.15, -0.1) is 0 Å². The van der Waals surface area contributed by atoms with Crippen molar-refractivity contribution in [2.24, 2.45) is 0 Å². The summed E-state index contributed by atoms with van der Waals surface area (Å²) in [6, 6.07) is 6.66. The van der Waals surface area contributed by atoms with Crippen molar-refractivity contribution >= 4 is 5.78 Å². The molecule has 0 aliphatic rings. The van der Waals surface area contributed by atoms with Crippen LogP contribution in [0.3, 0.4) is 0 Å². The molecule has 2 aromatic rings. The standard InChI is InChI=1S/C13H11F3N2O2/c1-7(9-6-11(18-17-9)13(14,15)16)12(20)8-4-2-3-5-10(8)19/h2-7,19H,1H3,(H,17,18). The fourth-order valence-electron chi connectivity index (χ4n) is 1.76. The van der Waals surface area contributed by atoms with Gasteiger partial charge in [-0.05, 0) is 25.1 Å². The molecule has 0 aliphatic heterocycles. The molecular weight excluding hydrogens is 273 g/mol. The number of Topliss-reactive ketones (excluding diaryl/α,β-unsaturated/α-hetero) is 1. The molecule has 0 bridgehead atoms. The fraction of sp³-hybridized carbons (Fsp3) is 0.231. The van der Waals surface area contributed by atoms with E-state index in [2.05, 4.69) is 10.2 Å². The third-order valence-corrected chi connectivity index (χ3v) is 2.92. The maximum Gasteiger partial charge on any atom is 0.435 e. The smallest absolute Gasteiger partial charge is 0.435 e. The molecule has 2 rings (SSSR count). The van der Waals surface area contributed by atoms with Gasteiger partial charge in [-0.25, -0.2) is 0 Å². The highest BCUT2D eigenvalue weighted by atomic mass is 19.4. The third-order valence-electron chi connectivity index (χ3n) is 2.92. The van der Waals surface area contributed by atoms with Crippen molar-refractivity contribution < 1.29 is 23.1 Å². The second-order valence-corrected chi connectivity index (χ2v) is 4.31. The SMILES string of the molecule is CC(C(=O)c1ccccc1O)c1cc(C(F)(F)F)n[nH]1. The van der Waals surface area contributed by atoms with Crippen LogP contribution >= 0.6 is 0 Å². The number of benzene rings is 1. The number of carbonyl (C=O) groups is 1. The average molecular weight is 284 g/mol. The van der Waals surface area contributed by atoms with E-state index in [1.165, 1.54) is 19.1 Å². The van der Waals surface area contributed by atoms with Crippen molar-refractivity contribution in [3.8, 4) is 5.75 Å². The number of aromatic nitrogens is 2. The van der Waals surface area contributed by atoms with Crippen LogP contribution in [-0.4, -0.2) is 21.1 Å². The number of phenols is 1. The Bertz CT molecular complexity index is 635. The van der Waals surface area contributed by atoms with Crippen molar-refractivity contribution in [1.29, 1.82) is 0 Å². The first-order chi connectivity index (χ1) is 9.30. The lowest BCUT2D eigenvalue weighted by Crippen LogP contribution is -2.10. The summed E-state index contributed by atoms with van der Waals surface area (Å²) in [5.41, 5.74) is -0.974. The van der Waals surface area contributed by atoms with Gasteiger partial charge in [-0.1, -0.05) is 12.1 Å². The summed E-state index contributed by atoms with van der Waals surface area (Å²) in [4.78, 5) is 12.1. The molecule has 1 atom stereocenters. The summed E-state index contributed by atoms with van der Waals surface area (Å²) in [6.07, 6.45) is -4.56. The molecule has 4 nitrogen and oxygen atoms in total. The Kier molecular flexibility index (Phi) is 3.52. The van der Waals surface area contributed by atoms with Gasteiger partial charge in [0, 0.05) is 5.69 Å². The molecule has 1 unspecified atom stereocenters. The van der Waals surface area contributed by atoms with Gasteiger partial charge in [0.1, 0.15) is 5.75 Å². The van der Waals surface area contributed by atoms with Gasteiger partial charge in [-0.2, -0.15) is 18.3 Å². The number of para-hydroxylation sites is 1. The number of aromatic hydroxyl groups is 1. The Morgan fingerprint density at radius 1 is 1.35 bits per heavy atom. The summed E-state index contributed by atoms with van der Waals surface area (Å²) in [5, 5.41) is 14.9. The highest BCUT2D eigenvalue weighted by Gasteiger charge is 2.35. The quantitative estimate of drug-likeness (QED) is 0.851. The van der Waals surface area contributed by atoms with Crippen LogP contribution in [0.2, 0.25) is 0 Å². The van der Waals surface area contributed by atoms with Crippen molar-refractivity contribution in [2.75, 3.05) is 0 Å². The van der Waals surface area contributed by atoms with Crippen molar-refractivity contribution in [3.63, 3.8) is 0 Å². The fourth-order valence-corrected chi connectivity index (χ4v) is 1.76. The molecule has 0 radical (unpaired) electrons. The van der Waals surface area contributed by atoms with Crippen molar-refractivity contribution in [2.45, 2.75) is 19.0 Å². The molecule has 0 spiro atoms. The molecule has 0 amide bonds. The number of aromatic amines is 1. The molecule has 1 heterocycles. The van der Waals surface area contributed by atoms with Crippen LogP contribution < -0.4 is 0 Å². The van der Waals surface area contributed by atoms with Gasteiger partial charge in [0.05, 0.1) is 11.5 Å². The van der Waals surface area contributed by atoms with Gasteiger partial charge in [0.25, 0.3) is 0 Å². The Morgan fingerprint density at radius 2 is 2.00 bits per heavy atom. The molecular formula is C13H11F3N2O2. The number of phenolic OH excluding ortho intramolecular Hbond substituents is 1. The van der Waals surface area contributed by atoms with Crippen molar-refractivity contribution in [3.05, 3.63) is 47.3 Å². The van der Waals surface area contributed by atoms with E-state index in [-0.39, 0.29) is 17.0 Å². The molecule has 20 heavy (non-hydrogen) atoms. The zero-order chi connectivity index (χ0) is 14.9. The minimum atomic E-state index is -4.56. The van der Waals surface area contributed by atoms with E-state index in [0.717, 1.165) is 6.07 Å². The van der Waals surface area contributed by atoms with E-state index in [1.54, 1.807) is 12.1 Å². The Hall–Kier alpha value is -2.31. The van der Waals surface area contributed by atoms with Gasteiger partial charge >= 0.3 is 6.18 Å². The first-order valence-corrected chi connectivity index (χ1v) is 5.75. The molecule has 2 N–H and O–H groups in total. The normalized spacial score (nSPS) is 13.2.